The first-order valence-electron chi connectivity index (χ1n) is 10.7. The van der Waals surface area contributed by atoms with Crippen LogP contribution in [0.5, 0.6) is 0 Å². The number of halogens is 3. The zero-order valence-electron chi connectivity index (χ0n) is 18.2. The van der Waals surface area contributed by atoms with Gasteiger partial charge in [-0.1, -0.05) is 6.42 Å². The van der Waals surface area contributed by atoms with Gasteiger partial charge in [-0.3, -0.25) is 4.79 Å². The third-order valence-corrected chi connectivity index (χ3v) is 6.68. The number of rotatable bonds is 5. The number of hydrogen-bond acceptors (Lipinski definition) is 7. The second kappa shape index (κ2) is 9.12. The monoisotopic (exact) mass is 499 g/mol. The van der Waals surface area contributed by atoms with Gasteiger partial charge >= 0.3 is 6.18 Å². The van der Waals surface area contributed by atoms with E-state index in [1.165, 1.54) is 30.2 Å². The molecular formula is C21H24F3N5O4S. The molecule has 9 nitrogen and oxygen atoms in total. The number of primary sulfonamides is 1. The Labute approximate surface area is 194 Å². The first-order valence-corrected chi connectivity index (χ1v) is 12.2. The lowest BCUT2D eigenvalue weighted by atomic mass is 9.82. The van der Waals surface area contributed by atoms with Crippen LogP contribution in [0.1, 0.15) is 48.2 Å². The van der Waals surface area contributed by atoms with Crippen LogP contribution in [-0.4, -0.2) is 55.8 Å². The van der Waals surface area contributed by atoms with Gasteiger partial charge < -0.3 is 15.0 Å². The number of pyridine rings is 2. The number of carbonyl (C=O) groups excluding carboxylic acids is 1. The minimum atomic E-state index is -4.57. The van der Waals surface area contributed by atoms with Crippen LogP contribution in [0.3, 0.4) is 0 Å². The Hall–Kier alpha value is -2.77. The third-order valence-electron chi connectivity index (χ3n) is 5.87. The van der Waals surface area contributed by atoms with E-state index in [0.717, 1.165) is 31.0 Å². The second-order valence-corrected chi connectivity index (χ2v) is 10.0. The molecule has 1 aliphatic carbocycles. The minimum absolute atomic E-state index is 0.0621. The molecule has 13 heteroatoms. The van der Waals surface area contributed by atoms with Gasteiger partial charge in [-0.15, -0.1) is 0 Å². The Morgan fingerprint density at radius 1 is 1.24 bits per heavy atom. The molecule has 0 spiro atoms. The van der Waals surface area contributed by atoms with Crippen molar-refractivity contribution in [2.24, 2.45) is 5.14 Å². The maximum Gasteiger partial charge on any atom is 0.416 e. The SMILES string of the molecule is C[C@@H]1CN(c2nc(C3CCC3)ccc2C(=O)Nc2ccnc(S(N)(=O)=O)c2)C[C@@H](C(F)(F)F)O1. The average molecular weight is 500 g/mol. The van der Waals surface area contributed by atoms with E-state index in [2.05, 4.69) is 15.3 Å². The normalized spacial score (nSPS) is 21.7. The molecular weight excluding hydrogens is 475 g/mol. The number of morpholine rings is 1. The first kappa shape index (κ1) is 24.4. The summed E-state index contributed by atoms with van der Waals surface area (Å²) in [5.74, 6) is -0.325. The summed E-state index contributed by atoms with van der Waals surface area (Å²) in [7, 11) is -4.09. The van der Waals surface area contributed by atoms with E-state index in [0.29, 0.717) is 0 Å². The highest BCUT2D eigenvalue weighted by atomic mass is 32.2. The van der Waals surface area contributed by atoms with Gasteiger partial charge in [-0.25, -0.2) is 23.5 Å². The van der Waals surface area contributed by atoms with E-state index in [1.807, 2.05) is 0 Å². The average Bonchev–Trinajstić information content (AvgIpc) is 2.71. The van der Waals surface area contributed by atoms with Crippen LogP contribution in [0.2, 0.25) is 0 Å². The molecule has 3 heterocycles. The zero-order valence-corrected chi connectivity index (χ0v) is 19.1. The van der Waals surface area contributed by atoms with E-state index in [1.54, 1.807) is 6.07 Å². The second-order valence-electron chi connectivity index (χ2n) is 8.50. The minimum Gasteiger partial charge on any atom is -0.362 e. The molecule has 1 amide bonds. The van der Waals surface area contributed by atoms with Crippen molar-refractivity contribution in [3.05, 3.63) is 41.7 Å². The quantitative estimate of drug-likeness (QED) is 0.648. The fourth-order valence-electron chi connectivity index (χ4n) is 3.96. The number of sulfonamides is 1. The van der Waals surface area contributed by atoms with Crippen molar-refractivity contribution in [2.45, 2.75) is 55.5 Å². The molecule has 0 bridgehead atoms. The molecule has 2 aromatic heterocycles. The zero-order chi connectivity index (χ0) is 24.7. The molecule has 0 aromatic carbocycles. The van der Waals surface area contributed by atoms with E-state index in [4.69, 9.17) is 9.88 Å². The van der Waals surface area contributed by atoms with E-state index >= 15 is 0 Å². The molecule has 2 aromatic rings. The highest BCUT2D eigenvalue weighted by Crippen LogP contribution is 2.37. The van der Waals surface area contributed by atoms with Crippen molar-refractivity contribution in [3.8, 4) is 0 Å². The van der Waals surface area contributed by atoms with Crippen LogP contribution in [0.15, 0.2) is 35.5 Å². The van der Waals surface area contributed by atoms with Gasteiger partial charge in [0.05, 0.1) is 18.2 Å². The largest absolute Gasteiger partial charge is 0.416 e. The van der Waals surface area contributed by atoms with Crippen LogP contribution >= 0.6 is 0 Å². The molecule has 184 valence electrons. The van der Waals surface area contributed by atoms with Gasteiger partial charge in [0, 0.05) is 36.1 Å². The number of alkyl halides is 3. The number of nitrogens with two attached hydrogens (primary N) is 1. The molecule has 1 saturated carbocycles. The lowest BCUT2D eigenvalue weighted by Crippen LogP contribution is -2.53. The molecule has 1 saturated heterocycles. The third kappa shape index (κ3) is 5.31. The predicted molar refractivity (Wildman–Crippen MR) is 117 cm³/mol. The molecule has 3 N–H and O–H groups in total. The van der Waals surface area contributed by atoms with Crippen LogP contribution in [-0.2, 0) is 14.8 Å². The summed E-state index contributed by atoms with van der Waals surface area (Å²) < 4.78 is 68.5. The van der Waals surface area contributed by atoms with Crippen molar-refractivity contribution < 1.29 is 31.1 Å². The number of hydrogen-bond donors (Lipinski definition) is 2. The van der Waals surface area contributed by atoms with Crippen molar-refractivity contribution in [3.63, 3.8) is 0 Å². The predicted octanol–water partition coefficient (Wildman–Crippen LogP) is 2.80. The van der Waals surface area contributed by atoms with Gasteiger partial charge in [0.25, 0.3) is 15.9 Å². The molecule has 0 radical (unpaired) electrons. The number of nitrogens with zero attached hydrogens (tertiary/aromatic N) is 3. The van der Waals surface area contributed by atoms with Gasteiger partial charge in [0.1, 0.15) is 5.82 Å². The fourth-order valence-corrected chi connectivity index (χ4v) is 4.46. The van der Waals surface area contributed by atoms with Crippen molar-refractivity contribution in [1.82, 2.24) is 9.97 Å². The molecule has 34 heavy (non-hydrogen) atoms. The number of anilines is 2. The van der Waals surface area contributed by atoms with E-state index < -0.39 is 45.9 Å². The molecule has 0 unspecified atom stereocenters. The Morgan fingerprint density at radius 3 is 2.59 bits per heavy atom. The van der Waals surface area contributed by atoms with Gasteiger partial charge in [-0.2, -0.15) is 13.2 Å². The van der Waals surface area contributed by atoms with Crippen LogP contribution in [0.25, 0.3) is 0 Å². The highest BCUT2D eigenvalue weighted by Gasteiger charge is 2.45. The summed E-state index contributed by atoms with van der Waals surface area (Å²) >= 11 is 0. The van der Waals surface area contributed by atoms with E-state index in [-0.39, 0.29) is 29.5 Å². The number of carbonyl (C=O) groups is 1. The van der Waals surface area contributed by atoms with Crippen LogP contribution in [0.4, 0.5) is 24.7 Å². The molecule has 4 rings (SSSR count). The Morgan fingerprint density at radius 2 is 1.97 bits per heavy atom. The summed E-state index contributed by atoms with van der Waals surface area (Å²) in [6.07, 6.45) is -3.25. The lowest BCUT2D eigenvalue weighted by Gasteiger charge is -2.39. The van der Waals surface area contributed by atoms with Crippen LogP contribution in [0, 0.1) is 0 Å². The molecule has 2 aliphatic rings. The van der Waals surface area contributed by atoms with Gasteiger partial charge in [-0.05, 0) is 38.0 Å². The summed E-state index contributed by atoms with van der Waals surface area (Å²) in [5, 5.41) is 7.22. The van der Waals surface area contributed by atoms with Crippen molar-refractivity contribution in [1.29, 1.82) is 0 Å². The van der Waals surface area contributed by atoms with Gasteiger partial charge in [0.2, 0.25) is 0 Å². The fraction of sp³-hybridized carbons (Fsp3) is 0.476. The standard InChI is InChI=1S/C21H24F3N5O4S/c1-12-10-29(11-17(33-12)21(22,23)24)19-15(5-6-16(28-19)13-3-2-4-13)20(30)27-14-7-8-26-18(9-14)34(25,31)32/h5-9,12-13,17H,2-4,10-11H2,1H3,(H2,25,31,32)(H,26,27,30)/t12-,17+/m1/s1. The maximum atomic E-state index is 13.4. The van der Waals surface area contributed by atoms with Crippen LogP contribution < -0.4 is 15.4 Å². The Bertz CT molecular complexity index is 1190. The molecule has 2 fully saturated rings. The number of aromatic nitrogens is 2. The highest BCUT2D eigenvalue weighted by molar-refractivity contribution is 7.89. The topological polar surface area (TPSA) is 128 Å². The summed E-state index contributed by atoms with van der Waals surface area (Å²) in [5.41, 5.74) is 0.898. The first-order chi connectivity index (χ1) is 15.9. The summed E-state index contributed by atoms with van der Waals surface area (Å²) in [6.45, 7) is 1.16. The lowest BCUT2D eigenvalue weighted by molar-refractivity contribution is -0.233. The van der Waals surface area contributed by atoms with E-state index in [9.17, 15) is 26.4 Å². The Kier molecular flexibility index (Phi) is 6.53. The maximum absolute atomic E-state index is 13.4. The number of amides is 1. The van der Waals surface area contributed by atoms with Gasteiger partial charge in [0.15, 0.2) is 11.1 Å². The van der Waals surface area contributed by atoms with Crippen molar-refractivity contribution >= 4 is 27.4 Å². The van der Waals surface area contributed by atoms with Crippen molar-refractivity contribution in [2.75, 3.05) is 23.3 Å². The number of nitrogens with one attached hydrogen (secondary N) is 1. The Balaban J connectivity index is 1.68. The summed E-state index contributed by atoms with van der Waals surface area (Å²) in [6, 6.07) is 5.71. The number of ether oxygens (including phenoxy) is 1. The summed E-state index contributed by atoms with van der Waals surface area (Å²) in [4.78, 5) is 22.8. The smallest absolute Gasteiger partial charge is 0.362 e. The molecule has 1 aliphatic heterocycles. The molecule has 2 atom stereocenters.